The van der Waals surface area contributed by atoms with Crippen LogP contribution in [0.3, 0.4) is 0 Å². The van der Waals surface area contributed by atoms with Gasteiger partial charge < -0.3 is 23.0 Å². The van der Waals surface area contributed by atoms with Gasteiger partial charge in [0, 0.05) is 5.69 Å². The Morgan fingerprint density at radius 3 is 2.04 bits per heavy atom. The van der Waals surface area contributed by atoms with Gasteiger partial charge in [0.05, 0.1) is 25.5 Å². The van der Waals surface area contributed by atoms with E-state index in [2.05, 4.69) is 41.8 Å². The highest BCUT2D eigenvalue weighted by molar-refractivity contribution is 5.96. The Kier molecular flexibility index (Phi) is 7.21. The first-order valence-corrected chi connectivity index (χ1v) is 9.05. The summed E-state index contributed by atoms with van der Waals surface area (Å²) in [6.45, 7) is 2.41. The van der Waals surface area contributed by atoms with Crippen LogP contribution in [0.1, 0.15) is 5.56 Å². The zero-order valence-corrected chi connectivity index (χ0v) is 17.2. The smallest absolute Gasteiger partial charge is 0.280 e. The Morgan fingerprint density at radius 2 is 1.39 bits per heavy atom. The van der Waals surface area contributed by atoms with Crippen LogP contribution in [0.4, 0.5) is 22.7 Å². The number of carbonyl (C=O) groups excluding carboxylic acids is 1. The second-order valence-corrected chi connectivity index (χ2v) is 7.26. The fourth-order valence-electron chi connectivity index (χ4n) is 2.97. The molecular weight excluding hydrogens is 370 g/mol. The van der Waals surface area contributed by atoms with Crippen LogP contribution in [0, 0.1) is 6.92 Å². The topological polar surface area (TPSA) is 41.1 Å². The molecule has 0 saturated heterocycles. The lowest BCUT2D eigenvalue weighted by atomic mass is 10.2. The third kappa shape index (κ3) is 5.59. The molecule has 2 N–H and O–H groups in total. The normalized spacial score (nSPS) is 10.7. The molecule has 0 spiro atoms. The molecule has 3 aromatic carbocycles. The van der Waals surface area contributed by atoms with E-state index in [1.807, 2.05) is 68.7 Å². The van der Waals surface area contributed by atoms with E-state index in [4.69, 9.17) is 0 Å². The Balaban J connectivity index is 0.00000280. The van der Waals surface area contributed by atoms with Crippen molar-refractivity contribution in [1.82, 2.24) is 4.48 Å². The summed E-state index contributed by atoms with van der Waals surface area (Å²) in [5.74, 6) is -0.0251. The molecule has 0 aliphatic carbocycles. The van der Waals surface area contributed by atoms with E-state index in [9.17, 15) is 4.79 Å². The molecule has 4 nitrogen and oxygen atoms in total. The van der Waals surface area contributed by atoms with Gasteiger partial charge in [-0.15, -0.1) is 0 Å². The van der Waals surface area contributed by atoms with Crippen molar-refractivity contribution in [3.8, 4) is 0 Å². The van der Waals surface area contributed by atoms with Gasteiger partial charge in [-0.3, -0.25) is 9.28 Å². The van der Waals surface area contributed by atoms with E-state index in [0.717, 1.165) is 22.7 Å². The number of quaternary nitrogens is 1. The number of rotatable bonds is 6. The Labute approximate surface area is 173 Å². The molecule has 28 heavy (non-hydrogen) atoms. The molecule has 1 amide bonds. The first kappa shape index (κ1) is 21.5. The summed E-state index contributed by atoms with van der Waals surface area (Å²) in [6, 6.07) is 26.0. The third-order valence-corrected chi connectivity index (χ3v) is 4.53. The SMILES string of the molecule is Cc1ccc([N+](C)(C)CC(=O)Nc2ccccc2Nc2ccccc2)cc1.[Cl-]. The predicted molar refractivity (Wildman–Crippen MR) is 114 cm³/mol. The molecule has 0 radical (unpaired) electrons. The van der Waals surface area contributed by atoms with Crippen LogP contribution in [0.15, 0.2) is 78.9 Å². The maximum atomic E-state index is 12.7. The minimum atomic E-state index is -0.0251. The van der Waals surface area contributed by atoms with Crippen molar-refractivity contribution in [2.45, 2.75) is 6.92 Å². The number of likely N-dealkylation sites (N-methyl/N-ethyl adjacent to an activating group) is 1. The van der Waals surface area contributed by atoms with Crippen molar-refractivity contribution in [3.05, 3.63) is 84.4 Å². The van der Waals surface area contributed by atoms with E-state index in [1.165, 1.54) is 5.56 Å². The highest BCUT2D eigenvalue weighted by Gasteiger charge is 2.23. The van der Waals surface area contributed by atoms with Gasteiger partial charge in [0.1, 0.15) is 5.69 Å². The molecule has 3 rings (SSSR count). The van der Waals surface area contributed by atoms with Gasteiger partial charge in [-0.25, -0.2) is 0 Å². The summed E-state index contributed by atoms with van der Waals surface area (Å²) in [7, 11) is 4.08. The third-order valence-electron chi connectivity index (χ3n) is 4.53. The monoisotopic (exact) mass is 395 g/mol. The first-order valence-electron chi connectivity index (χ1n) is 9.05. The summed E-state index contributed by atoms with van der Waals surface area (Å²) in [4.78, 5) is 12.7. The molecule has 0 aromatic heterocycles. The highest BCUT2D eigenvalue weighted by atomic mass is 35.5. The molecule has 0 heterocycles. The Bertz CT molecular complexity index is 909. The lowest BCUT2D eigenvalue weighted by molar-refractivity contribution is -0.116. The van der Waals surface area contributed by atoms with Crippen LogP contribution in [0.5, 0.6) is 0 Å². The number of nitrogens with zero attached hydrogens (tertiary/aromatic N) is 1. The van der Waals surface area contributed by atoms with Gasteiger partial charge in [0.2, 0.25) is 0 Å². The standard InChI is InChI=1S/C23H25N3O.ClH/c1-18-13-15-20(16-14-18)26(2,3)17-23(27)25-22-12-8-7-11-21(22)24-19-9-5-4-6-10-19;/h4-16,24H,17H2,1-3H3;1H. The van der Waals surface area contributed by atoms with Crippen molar-refractivity contribution >= 4 is 28.7 Å². The van der Waals surface area contributed by atoms with Crippen molar-refractivity contribution < 1.29 is 17.2 Å². The number of aryl methyl sites for hydroxylation is 1. The van der Waals surface area contributed by atoms with Crippen LogP contribution in [-0.2, 0) is 4.79 Å². The van der Waals surface area contributed by atoms with Crippen LogP contribution >= 0.6 is 0 Å². The molecule has 0 unspecified atom stereocenters. The number of para-hydroxylation sites is 3. The van der Waals surface area contributed by atoms with Crippen molar-refractivity contribution in [1.29, 1.82) is 0 Å². The fourth-order valence-corrected chi connectivity index (χ4v) is 2.97. The van der Waals surface area contributed by atoms with Gasteiger partial charge in [0.15, 0.2) is 6.54 Å². The van der Waals surface area contributed by atoms with Crippen molar-refractivity contribution in [3.63, 3.8) is 0 Å². The molecule has 0 saturated carbocycles. The average Bonchev–Trinajstić information content (AvgIpc) is 2.64. The summed E-state index contributed by atoms with van der Waals surface area (Å²) in [6.07, 6.45) is 0. The van der Waals surface area contributed by atoms with Gasteiger partial charge in [0.25, 0.3) is 5.91 Å². The number of benzene rings is 3. The second-order valence-electron chi connectivity index (χ2n) is 7.26. The predicted octanol–water partition coefficient (Wildman–Crippen LogP) is 1.95. The molecule has 0 bridgehead atoms. The zero-order valence-electron chi connectivity index (χ0n) is 16.4. The zero-order chi connectivity index (χ0) is 19.3. The van der Waals surface area contributed by atoms with Gasteiger partial charge in [-0.1, -0.05) is 48.0 Å². The number of halogens is 1. The molecule has 0 atom stereocenters. The Morgan fingerprint density at radius 1 is 0.821 bits per heavy atom. The number of hydrogen-bond donors (Lipinski definition) is 2. The minimum absolute atomic E-state index is 0. The molecule has 0 fully saturated rings. The van der Waals surface area contributed by atoms with Crippen LogP contribution in [0.25, 0.3) is 0 Å². The maximum Gasteiger partial charge on any atom is 0.280 e. The fraction of sp³-hybridized carbons (Fsp3) is 0.174. The Hall–Kier alpha value is -2.82. The van der Waals surface area contributed by atoms with E-state index < -0.39 is 0 Å². The van der Waals surface area contributed by atoms with E-state index in [0.29, 0.717) is 11.0 Å². The average molecular weight is 396 g/mol. The highest BCUT2D eigenvalue weighted by Crippen LogP contribution is 2.26. The molecule has 0 aliphatic rings. The van der Waals surface area contributed by atoms with Crippen molar-refractivity contribution in [2.75, 3.05) is 31.3 Å². The summed E-state index contributed by atoms with van der Waals surface area (Å²) in [5, 5.41) is 6.41. The summed E-state index contributed by atoms with van der Waals surface area (Å²) >= 11 is 0. The second kappa shape index (κ2) is 9.40. The minimum Gasteiger partial charge on any atom is -1.00 e. The van der Waals surface area contributed by atoms with Crippen molar-refractivity contribution in [2.24, 2.45) is 0 Å². The number of nitrogens with one attached hydrogen (secondary N) is 2. The number of anilines is 3. The van der Waals surface area contributed by atoms with Crippen LogP contribution in [0.2, 0.25) is 0 Å². The maximum absolute atomic E-state index is 12.7. The molecule has 3 aromatic rings. The lowest BCUT2D eigenvalue weighted by Crippen LogP contribution is -3.00. The molecule has 5 heteroatoms. The molecule has 0 aliphatic heterocycles. The van der Waals surface area contributed by atoms with Crippen LogP contribution in [-0.4, -0.2) is 26.5 Å². The number of carbonyl (C=O) groups is 1. The molecule has 146 valence electrons. The first-order chi connectivity index (χ1) is 12.9. The number of amides is 1. The van der Waals surface area contributed by atoms with E-state index >= 15 is 0 Å². The molecular formula is C23H26ClN3O. The summed E-state index contributed by atoms with van der Waals surface area (Å²) in [5.41, 5.74) is 4.94. The van der Waals surface area contributed by atoms with E-state index in [-0.39, 0.29) is 18.3 Å². The van der Waals surface area contributed by atoms with E-state index in [1.54, 1.807) is 0 Å². The van der Waals surface area contributed by atoms with Gasteiger partial charge in [-0.05, 0) is 43.3 Å². The van der Waals surface area contributed by atoms with Crippen LogP contribution < -0.4 is 27.5 Å². The largest absolute Gasteiger partial charge is 1.00 e. The number of hydrogen-bond acceptors (Lipinski definition) is 2. The summed E-state index contributed by atoms with van der Waals surface area (Å²) < 4.78 is 0.487. The van der Waals surface area contributed by atoms with Gasteiger partial charge in [-0.2, -0.15) is 0 Å². The lowest BCUT2D eigenvalue weighted by Gasteiger charge is -2.28. The van der Waals surface area contributed by atoms with Gasteiger partial charge >= 0.3 is 0 Å². The quantitative estimate of drug-likeness (QED) is 0.626.